The van der Waals surface area contributed by atoms with Gasteiger partial charge >= 0.3 is 0 Å². The predicted octanol–water partition coefficient (Wildman–Crippen LogP) is 1.92. The minimum absolute atomic E-state index is 0. The van der Waals surface area contributed by atoms with Crippen LogP contribution in [0.1, 0.15) is 45.3 Å². The highest BCUT2D eigenvalue weighted by molar-refractivity contribution is 5.85. The van der Waals surface area contributed by atoms with Crippen molar-refractivity contribution in [1.29, 1.82) is 0 Å². The Balaban J connectivity index is 0.00000162. The molecular formula is C12H23ClN4O. The van der Waals surface area contributed by atoms with Crippen LogP contribution in [-0.4, -0.2) is 28.1 Å². The molecular weight excluding hydrogens is 252 g/mol. The van der Waals surface area contributed by atoms with Gasteiger partial charge in [-0.2, -0.15) is 4.98 Å². The molecule has 1 heterocycles. The third-order valence-electron chi connectivity index (χ3n) is 3.06. The molecule has 0 spiro atoms. The van der Waals surface area contributed by atoms with Gasteiger partial charge in [-0.05, 0) is 39.2 Å². The highest BCUT2D eigenvalue weighted by atomic mass is 35.5. The third kappa shape index (κ3) is 4.23. The largest absolute Gasteiger partial charge is 0.338 e. The minimum Gasteiger partial charge on any atom is -0.338 e. The molecule has 5 nitrogen and oxygen atoms in total. The molecule has 104 valence electrons. The maximum Gasteiger partial charge on any atom is 0.240 e. The van der Waals surface area contributed by atoms with Crippen molar-refractivity contribution < 1.29 is 4.52 Å². The highest BCUT2D eigenvalue weighted by Gasteiger charge is 2.26. The predicted molar refractivity (Wildman–Crippen MR) is 72.4 cm³/mol. The van der Waals surface area contributed by atoms with E-state index in [1.807, 2.05) is 13.8 Å². The fraction of sp³-hybridized carbons (Fsp3) is 0.833. The van der Waals surface area contributed by atoms with Crippen molar-refractivity contribution in [3.8, 4) is 0 Å². The van der Waals surface area contributed by atoms with E-state index in [0.29, 0.717) is 11.7 Å². The first-order valence-corrected chi connectivity index (χ1v) is 6.33. The molecule has 1 aliphatic rings. The van der Waals surface area contributed by atoms with Crippen molar-refractivity contribution in [3.63, 3.8) is 0 Å². The van der Waals surface area contributed by atoms with E-state index >= 15 is 0 Å². The maximum absolute atomic E-state index is 5.93. The van der Waals surface area contributed by atoms with Crippen LogP contribution in [0.2, 0.25) is 0 Å². The van der Waals surface area contributed by atoms with Crippen LogP contribution in [0.5, 0.6) is 0 Å². The summed E-state index contributed by atoms with van der Waals surface area (Å²) in [6.45, 7) is 8.80. The molecule has 1 aromatic rings. The second kappa shape index (κ2) is 5.99. The molecule has 18 heavy (non-hydrogen) atoms. The van der Waals surface area contributed by atoms with Crippen molar-refractivity contribution in [2.24, 2.45) is 11.7 Å². The second-order valence-electron chi connectivity index (χ2n) is 5.50. The summed E-state index contributed by atoms with van der Waals surface area (Å²) in [5.74, 6) is 2.12. The second-order valence-corrected chi connectivity index (χ2v) is 5.50. The van der Waals surface area contributed by atoms with Gasteiger partial charge in [0.05, 0.1) is 12.1 Å². The van der Waals surface area contributed by atoms with Crippen molar-refractivity contribution >= 4 is 12.4 Å². The Labute approximate surface area is 115 Å². The van der Waals surface area contributed by atoms with E-state index in [0.717, 1.165) is 25.6 Å². The molecule has 0 unspecified atom stereocenters. The number of nitrogens with zero attached hydrogens (tertiary/aromatic N) is 3. The summed E-state index contributed by atoms with van der Waals surface area (Å²) in [4.78, 5) is 6.70. The normalized spacial score (nSPS) is 15.8. The van der Waals surface area contributed by atoms with Crippen molar-refractivity contribution in [2.75, 3.05) is 13.1 Å². The molecule has 1 saturated carbocycles. The summed E-state index contributed by atoms with van der Waals surface area (Å²) < 4.78 is 5.24. The zero-order chi connectivity index (χ0) is 12.5. The SMILES string of the molecule is CCN(Cc1nc(C(C)(C)N)no1)CC1CC1.Cl. The molecule has 0 amide bonds. The van der Waals surface area contributed by atoms with Gasteiger partial charge in [0, 0.05) is 6.54 Å². The average molecular weight is 275 g/mol. The molecule has 0 radical (unpaired) electrons. The van der Waals surface area contributed by atoms with Crippen LogP contribution in [-0.2, 0) is 12.1 Å². The smallest absolute Gasteiger partial charge is 0.240 e. The first-order chi connectivity index (χ1) is 7.99. The lowest BCUT2D eigenvalue weighted by Crippen LogP contribution is -2.30. The third-order valence-corrected chi connectivity index (χ3v) is 3.06. The van der Waals surface area contributed by atoms with Crippen molar-refractivity contribution in [3.05, 3.63) is 11.7 Å². The van der Waals surface area contributed by atoms with E-state index in [1.54, 1.807) is 0 Å². The fourth-order valence-electron chi connectivity index (χ4n) is 1.74. The van der Waals surface area contributed by atoms with Gasteiger partial charge < -0.3 is 10.3 Å². The average Bonchev–Trinajstić information content (AvgIpc) is 2.91. The van der Waals surface area contributed by atoms with Crippen molar-refractivity contribution in [1.82, 2.24) is 15.0 Å². The maximum atomic E-state index is 5.93. The molecule has 6 heteroatoms. The molecule has 2 N–H and O–H groups in total. The van der Waals surface area contributed by atoms with Crippen LogP contribution < -0.4 is 5.73 Å². The number of aromatic nitrogens is 2. The monoisotopic (exact) mass is 274 g/mol. The molecule has 0 aromatic carbocycles. The van der Waals surface area contributed by atoms with Crippen LogP contribution >= 0.6 is 12.4 Å². The lowest BCUT2D eigenvalue weighted by molar-refractivity contribution is 0.227. The lowest BCUT2D eigenvalue weighted by atomic mass is 10.1. The van der Waals surface area contributed by atoms with Gasteiger partial charge in [0.2, 0.25) is 5.89 Å². The highest BCUT2D eigenvalue weighted by Crippen LogP contribution is 2.30. The van der Waals surface area contributed by atoms with Crippen LogP contribution in [0, 0.1) is 5.92 Å². The Morgan fingerprint density at radius 2 is 2.11 bits per heavy atom. The van der Waals surface area contributed by atoms with E-state index in [4.69, 9.17) is 10.3 Å². The first-order valence-electron chi connectivity index (χ1n) is 6.33. The summed E-state index contributed by atoms with van der Waals surface area (Å²) in [5, 5.41) is 3.93. The number of rotatable bonds is 6. The van der Waals surface area contributed by atoms with Crippen LogP contribution in [0.15, 0.2) is 4.52 Å². The quantitative estimate of drug-likeness (QED) is 0.858. The van der Waals surface area contributed by atoms with E-state index in [-0.39, 0.29) is 12.4 Å². The zero-order valence-electron chi connectivity index (χ0n) is 11.3. The Hall–Kier alpha value is -0.650. The first kappa shape index (κ1) is 15.4. The van der Waals surface area contributed by atoms with E-state index in [1.165, 1.54) is 12.8 Å². The summed E-state index contributed by atoms with van der Waals surface area (Å²) in [6.07, 6.45) is 2.73. The molecule has 0 aliphatic heterocycles. The van der Waals surface area contributed by atoms with Crippen LogP contribution in [0.3, 0.4) is 0 Å². The number of hydrogen-bond donors (Lipinski definition) is 1. The molecule has 1 aliphatic carbocycles. The number of hydrogen-bond acceptors (Lipinski definition) is 5. The number of nitrogens with two attached hydrogens (primary N) is 1. The van der Waals surface area contributed by atoms with Gasteiger partial charge in [0.15, 0.2) is 5.82 Å². The molecule has 0 bridgehead atoms. The molecule has 2 rings (SSSR count). The summed E-state index contributed by atoms with van der Waals surface area (Å²) >= 11 is 0. The van der Waals surface area contributed by atoms with Crippen LogP contribution in [0.4, 0.5) is 0 Å². The fourth-order valence-corrected chi connectivity index (χ4v) is 1.74. The van der Waals surface area contributed by atoms with Gasteiger partial charge in [0.1, 0.15) is 0 Å². The Morgan fingerprint density at radius 3 is 2.56 bits per heavy atom. The summed E-state index contributed by atoms with van der Waals surface area (Å²) in [5.41, 5.74) is 5.39. The topological polar surface area (TPSA) is 68.2 Å². The molecule has 1 fully saturated rings. The standard InChI is InChI=1S/C12H22N4O.ClH/c1-4-16(7-9-5-6-9)8-10-14-11(15-17-10)12(2,3)13;/h9H,4-8,13H2,1-3H3;1H. The van der Waals surface area contributed by atoms with Gasteiger partial charge in [-0.1, -0.05) is 12.1 Å². The van der Waals surface area contributed by atoms with Crippen LogP contribution in [0.25, 0.3) is 0 Å². The minimum atomic E-state index is -0.532. The van der Waals surface area contributed by atoms with E-state index in [9.17, 15) is 0 Å². The Bertz CT molecular complexity index is 370. The van der Waals surface area contributed by atoms with Gasteiger partial charge in [0.25, 0.3) is 0 Å². The van der Waals surface area contributed by atoms with E-state index in [2.05, 4.69) is 22.0 Å². The molecule has 0 saturated heterocycles. The lowest BCUT2D eigenvalue weighted by Gasteiger charge is -2.17. The van der Waals surface area contributed by atoms with Gasteiger partial charge in [-0.25, -0.2) is 0 Å². The summed E-state index contributed by atoms with van der Waals surface area (Å²) in [6, 6.07) is 0. The number of halogens is 1. The van der Waals surface area contributed by atoms with E-state index < -0.39 is 5.54 Å². The van der Waals surface area contributed by atoms with Crippen molar-refractivity contribution in [2.45, 2.75) is 45.7 Å². The Kier molecular flexibility index (Phi) is 5.13. The molecule has 0 atom stereocenters. The summed E-state index contributed by atoms with van der Waals surface area (Å²) in [7, 11) is 0. The van der Waals surface area contributed by atoms with Gasteiger partial charge in [-0.3, -0.25) is 4.90 Å². The van der Waals surface area contributed by atoms with Gasteiger partial charge in [-0.15, -0.1) is 12.4 Å². The molecule has 1 aromatic heterocycles. The zero-order valence-corrected chi connectivity index (χ0v) is 12.2. The Morgan fingerprint density at radius 1 is 1.44 bits per heavy atom.